The van der Waals surface area contributed by atoms with Crippen LogP contribution in [0.5, 0.6) is 0 Å². The molecule has 0 aliphatic heterocycles. The Morgan fingerprint density at radius 2 is 1.91 bits per heavy atom. The number of nitrogens with zero attached hydrogens (tertiary/aromatic N) is 1. The van der Waals surface area contributed by atoms with Crippen LogP contribution in [-0.4, -0.2) is 10.5 Å². The lowest BCUT2D eigenvalue weighted by Gasteiger charge is -2.14. The summed E-state index contributed by atoms with van der Waals surface area (Å²) in [4.78, 5) is 12.4. The molecule has 0 saturated heterocycles. The van der Waals surface area contributed by atoms with Crippen LogP contribution in [0.2, 0.25) is 0 Å². The Bertz CT molecular complexity index is 846. The highest BCUT2D eigenvalue weighted by Gasteiger charge is 2.10. The van der Waals surface area contributed by atoms with Crippen molar-refractivity contribution in [3.63, 3.8) is 0 Å². The van der Waals surface area contributed by atoms with Gasteiger partial charge in [0.1, 0.15) is 6.54 Å². The van der Waals surface area contributed by atoms with Crippen molar-refractivity contribution in [2.45, 2.75) is 33.2 Å². The average Bonchev–Trinajstić information content (AvgIpc) is 2.89. The van der Waals surface area contributed by atoms with E-state index in [2.05, 4.69) is 56.4 Å². The molecule has 0 atom stereocenters. The quantitative estimate of drug-likeness (QED) is 0.744. The lowest BCUT2D eigenvalue weighted by molar-refractivity contribution is -0.116. The highest BCUT2D eigenvalue weighted by Crippen LogP contribution is 2.24. The van der Waals surface area contributed by atoms with Crippen LogP contribution >= 0.6 is 0 Å². The van der Waals surface area contributed by atoms with Gasteiger partial charge in [0, 0.05) is 17.4 Å². The van der Waals surface area contributed by atoms with E-state index < -0.39 is 0 Å². The average molecular weight is 306 g/mol. The van der Waals surface area contributed by atoms with Crippen LogP contribution in [0.4, 0.5) is 5.69 Å². The molecule has 0 spiro atoms. The number of benzene rings is 2. The zero-order valence-electron chi connectivity index (χ0n) is 13.8. The molecule has 118 valence electrons. The van der Waals surface area contributed by atoms with Gasteiger partial charge in [-0.15, -0.1) is 0 Å². The van der Waals surface area contributed by atoms with Crippen LogP contribution in [0.1, 0.15) is 30.9 Å². The third-order valence-electron chi connectivity index (χ3n) is 4.10. The molecular weight excluding hydrogens is 284 g/mol. The van der Waals surface area contributed by atoms with Gasteiger partial charge >= 0.3 is 0 Å². The molecule has 1 heterocycles. The minimum Gasteiger partial charge on any atom is -0.338 e. The molecule has 3 aromatic rings. The summed E-state index contributed by atoms with van der Waals surface area (Å²) in [7, 11) is 0. The van der Waals surface area contributed by atoms with E-state index in [-0.39, 0.29) is 5.91 Å². The largest absolute Gasteiger partial charge is 0.338 e. The topological polar surface area (TPSA) is 34.0 Å². The zero-order chi connectivity index (χ0) is 16.4. The van der Waals surface area contributed by atoms with Gasteiger partial charge in [0.05, 0.1) is 0 Å². The Morgan fingerprint density at radius 3 is 2.70 bits per heavy atom. The second-order valence-electron chi connectivity index (χ2n) is 6.30. The summed E-state index contributed by atoms with van der Waals surface area (Å²) in [6.45, 7) is 6.66. The number of hydrogen-bond acceptors (Lipinski definition) is 1. The predicted octanol–water partition coefficient (Wildman–Crippen LogP) is 4.71. The maximum Gasteiger partial charge on any atom is 0.244 e. The van der Waals surface area contributed by atoms with E-state index in [4.69, 9.17) is 0 Å². The van der Waals surface area contributed by atoms with Crippen LogP contribution in [0, 0.1) is 6.92 Å². The van der Waals surface area contributed by atoms with Gasteiger partial charge in [-0.3, -0.25) is 4.79 Å². The van der Waals surface area contributed by atoms with Crippen molar-refractivity contribution in [2.24, 2.45) is 0 Å². The summed E-state index contributed by atoms with van der Waals surface area (Å²) < 4.78 is 1.99. The molecule has 0 aliphatic rings. The summed E-state index contributed by atoms with van der Waals surface area (Å²) >= 11 is 0. The van der Waals surface area contributed by atoms with Crippen molar-refractivity contribution in [1.82, 2.24) is 4.57 Å². The molecule has 0 radical (unpaired) electrons. The van der Waals surface area contributed by atoms with Crippen molar-refractivity contribution in [3.8, 4) is 0 Å². The van der Waals surface area contributed by atoms with Gasteiger partial charge in [0.25, 0.3) is 0 Å². The Morgan fingerprint density at radius 1 is 1.13 bits per heavy atom. The normalized spacial score (nSPS) is 11.1. The van der Waals surface area contributed by atoms with Gasteiger partial charge < -0.3 is 9.88 Å². The number of anilines is 1. The van der Waals surface area contributed by atoms with Crippen molar-refractivity contribution < 1.29 is 4.79 Å². The fourth-order valence-corrected chi connectivity index (χ4v) is 2.92. The first-order valence-corrected chi connectivity index (χ1v) is 7.99. The SMILES string of the molecule is Cc1ccc2c(ccn2CC(=O)Nc2ccccc2C(C)C)c1. The fraction of sp³-hybridized carbons (Fsp3) is 0.250. The van der Waals surface area contributed by atoms with E-state index in [1.54, 1.807) is 0 Å². The molecule has 1 aromatic heterocycles. The van der Waals surface area contributed by atoms with Crippen molar-refractivity contribution in [2.75, 3.05) is 5.32 Å². The van der Waals surface area contributed by atoms with E-state index in [1.807, 2.05) is 29.0 Å². The van der Waals surface area contributed by atoms with Crippen molar-refractivity contribution in [1.29, 1.82) is 0 Å². The van der Waals surface area contributed by atoms with E-state index >= 15 is 0 Å². The minimum atomic E-state index is -0.00354. The number of rotatable bonds is 4. The number of amides is 1. The highest BCUT2D eigenvalue weighted by atomic mass is 16.1. The molecule has 3 rings (SSSR count). The smallest absolute Gasteiger partial charge is 0.244 e. The minimum absolute atomic E-state index is 0.00354. The first-order valence-electron chi connectivity index (χ1n) is 7.99. The van der Waals surface area contributed by atoms with Crippen LogP contribution < -0.4 is 5.32 Å². The van der Waals surface area contributed by atoms with Crippen LogP contribution in [0.25, 0.3) is 10.9 Å². The van der Waals surface area contributed by atoms with Gasteiger partial charge in [-0.05, 0) is 48.1 Å². The number of carbonyl (C=O) groups excluding carboxylic acids is 1. The van der Waals surface area contributed by atoms with Crippen LogP contribution in [0.15, 0.2) is 54.7 Å². The van der Waals surface area contributed by atoms with E-state index in [0.717, 1.165) is 16.8 Å². The number of nitrogens with one attached hydrogen (secondary N) is 1. The molecule has 0 bridgehead atoms. The Kier molecular flexibility index (Phi) is 4.20. The lowest BCUT2D eigenvalue weighted by Crippen LogP contribution is -2.19. The van der Waals surface area contributed by atoms with Crippen LogP contribution in [0.3, 0.4) is 0 Å². The number of carbonyl (C=O) groups is 1. The van der Waals surface area contributed by atoms with Crippen molar-refractivity contribution >= 4 is 22.5 Å². The molecule has 1 amide bonds. The fourth-order valence-electron chi connectivity index (χ4n) is 2.92. The standard InChI is InChI=1S/C20H22N2O/c1-14(2)17-6-4-5-7-18(17)21-20(23)13-22-11-10-16-12-15(3)8-9-19(16)22/h4-12,14H,13H2,1-3H3,(H,21,23). The molecule has 0 fully saturated rings. The zero-order valence-corrected chi connectivity index (χ0v) is 13.8. The van der Waals surface area contributed by atoms with Gasteiger partial charge in [-0.2, -0.15) is 0 Å². The molecule has 0 saturated carbocycles. The molecule has 3 nitrogen and oxygen atoms in total. The van der Waals surface area contributed by atoms with Crippen LogP contribution in [-0.2, 0) is 11.3 Å². The highest BCUT2D eigenvalue weighted by molar-refractivity contribution is 5.92. The number of aryl methyl sites for hydroxylation is 1. The number of para-hydroxylation sites is 1. The van der Waals surface area contributed by atoms with Gasteiger partial charge in [-0.25, -0.2) is 0 Å². The molecule has 0 unspecified atom stereocenters. The predicted molar refractivity (Wildman–Crippen MR) is 95.8 cm³/mol. The first-order chi connectivity index (χ1) is 11.0. The monoisotopic (exact) mass is 306 g/mol. The van der Waals surface area contributed by atoms with Gasteiger partial charge in [0.15, 0.2) is 0 Å². The Labute approximate surface area is 136 Å². The molecular formula is C20H22N2O. The third-order valence-corrected chi connectivity index (χ3v) is 4.10. The summed E-state index contributed by atoms with van der Waals surface area (Å²) in [6, 6.07) is 16.3. The lowest BCUT2D eigenvalue weighted by atomic mass is 10.0. The van der Waals surface area contributed by atoms with E-state index in [0.29, 0.717) is 12.5 Å². The molecule has 2 aromatic carbocycles. The summed E-state index contributed by atoms with van der Waals surface area (Å²) in [5.74, 6) is 0.373. The van der Waals surface area contributed by atoms with Crippen molar-refractivity contribution in [3.05, 3.63) is 65.9 Å². The summed E-state index contributed by atoms with van der Waals surface area (Å²) in [6.07, 6.45) is 1.97. The molecule has 0 aliphatic carbocycles. The number of aromatic nitrogens is 1. The van der Waals surface area contributed by atoms with Gasteiger partial charge in [-0.1, -0.05) is 43.7 Å². The first kappa shape index (κ1) is 15.3. The third kappa shape index (κ3) is 3.29. The summed E-state index contributed by atoms with van der Waals surface area (Å²) in [5.41, 5.74) is 4.38. The number of fused-ring (bicyclic) bond motifs is 1. The maximum atomic E-state index is 12.4. The summed E-state index contributed by atoms with van der Waals surface area (Å²) in [5, 5.41) is 4.21. The Hall–Kier alpha value is -2.55. The van der Waals surface area contributed by atoms with E-state index in [9.17, 15) is 4.79 Å². The molecule has 1 N–H and O–H groups in total. The second-order valence-corrected chi connectivity index (χ2v) is 6.30. The number of hydrogen-bond donors (Lipinski definition) is 1. The Balaban J connectivity index is 1.79. The second kappa shape index (κ2) is 6.29. The maximum absolute atomic E-state index is 12.4. The molecule has 23 heavy (non-hydrogen) atoms. The molecule has 3 heteroatoms. The van der Waals surface area contributed by atoms with E-state index in [1.165, 1.54) is 10.9 Å². The van der Waals surface area contributed by atoms with Gasteiger partial charge in [0.2, 0.25) is 5.91 Å².